The normalized spacial score (nSPS) is 10.7. The zero-order chi connectivity index (χ0) is 18.0. The van der Waals surface area contributed by atoms with Gasteiger partial charge in [-0.3, -0.25) is 9.48 Å². The molecule has 128 valence electrons. The van der Waals surface area contributed by atoms with Gasteiger partial charge in [-0.2, -0.15) is 5.10 Å². The van der Waals surface area contributed by atoms with Gasteiger partial charge < -0.3 is 5.32 Å². The van der Waals surface area contributed by atoms with Gasteiger partial charge in [0.2, 0.25) is 0 Å². The lowest BCUT2D eigenvalue weighted by Crippen LogP contribution is -2.14. The summed E-state index contributed by atoms with van der Waals surface area (Å²) in [5.41, 5.74) is 6.65. The highest BCUT2D eigenvalue weighted by Gasteiger charge is 2.16. The van der Waals surface area contributed by atoms with Gasteiger partial charge in [0.25, 0.3) is 5.91 Å². The van der Waals surface area contributed by atoms with E-state index in [-0.39, 0.29) is 5.91 Å². The van der Waals surface area contributed by atoms with E-state index in [1.54, 1.807) is 0 Å². The Kier molecular flexibility index (Phi) is 4.70. The predicted molar refractivity (Wildman–Crippen MR) is 101 cm³/mol. The molecule has 1 amide bonds. The third kappa shape index (κ3) is 3.63. The fraction of sp³-hybridized carbons (Fsp3) is 0.238. The van der Waals surface area contributed by atoms with Gasteiger partial charge in [-0.25, -0.2) is 0 Å². The summed E-state index contributed by atoms with van der Waals surface area (Å²) in [7, 11) is 0. The minimum absolute atomic E-state index is 0.0978. The van der Waals surface area contributed by atoms with Crippen molar-refractivity contribution in [1.29, 1.82) is 0 Å². The molecule has 1 heterocycles. The second-order valence-electron chi connectivity index (χ2n) is 6.46. The summed E-state index contributed by atoms with van der Waals surface area (Å²) in [6.07, 6.45) is 0. The number of nitrogens with zero attached hydrogens (tertiary/aromatic N) is 2. The van der Waals surface area contributed by atoms with Crippen molar-refractivity contribution >= 4 is 11.6 Å². The predicted octanol–water partition coefficient (Wildman–Crippen LogP) is 4.42. The molecule has 0 aliphatic rings. The summed E-state index contributed by atoms with van der Waals surface area (Å²) >= 11 is 0. The van der Waals surface area contributed by atoms with Crippen molar-refractivity contribution in [3.63, 3.8) is 0 Å². The third-order valence-corrected chi connectivity index (χ3v) is 4.42. The second kappa shape index (κ2) is 6.93. The van der Waals surface area contributed by atoms with Crippen LogP contribution < -0.4 is 5.32 Å². The van der Waals surface area contributed by atoms with E-state index < -0.39 is 0 Å². The highest BCUT2D eigenvalue weighted by molar-refractivity contribution is 6.05. The highest BCUT2D eigenvalue weighted by atomic mass is 16.1. The molecular formula is C21H23N3O. The minimum Gasteiger partial charge on any atom is -0.319 e. The van der Waals surface area contributed by atoms with Gasteiger partial charge >= 0.3 is 0 Å². The van der Waals surface area contributed by atoms with Gasteiger partial charge in [-0.15, -0.1) is 0 Å². The molecule has 0 aliphatic carbocycles. The molecule has 1 aromatic heterocycles. The SMILES string of the molecule is Cc1cccc(Cn2nc(C)c(NC(=O)c3ccccc3C)c2C)c1. The molecule has 0 unspecified atom stereocenters. The number of hydrogen-bond donors (Lipinski definition) is 1. The van der Waals surface area contributed by atoms with E-state index in [4.69, 9.17) is 0 Å². The van der Waals surface area contributed by atoms with Gasteiger partial charge in [0.15, 0.2) is 0 Å². The molecule has 0 radical (unpaired) electrons. The molecule has 2 aromatic carbocycles. The van der Waals surface area contributed by atoms with E-state index in [9.17, 15) is 4.79 Å². The first kappa shape index (κ1) is 17.0. The maximum Gasteiger partial charge on any atom is 0.256 e. The summed E-state index contributed by atoms with van der Waals surface area (Å²) in [4.78, 5) is 12.6. The Hall–Kier alpha value is -2.88. The minimum atomic E-state index is -0.0978. The topological polar surface area (TPSA) is 46.9 Å². The Bertz CT molecular complexity index is 925. The number of carbonyl (C=O) groups is 1. The van der Waals surface area contributed by atoms with Crippen LogP contribution in [-0.2, 0) is 6.54 Å². The Morgan fingerprint density at radius 2 is 1.80 bits per heavy atom. The van der Waals surface area contributed by atoms with Crippen LogP contribution in [0.2, 0.25) is 0 Å². The number of aromatic nitrogens is 2. The van der Waals surface area contributed by atoms with E-state index in [0.717, 1.165) is 22.6 Å². The Morgan fingerprint density at radius 1 is 1.04 bits per heavy atom. The van der Waals surface area contributed by atoms with Crippen molar-refractivity contribution in [3.05, 3.63) is 82.2 Å². The van der Waals surface area contributed by atoms with Gasteiger partial charge in [0, 0.05) is 5.56 Å². The number of aryl methyl sites for hydroxylation is 3. The molecule has 0 aliphatic heterocycles. The maximum absolute atomic E-state index is 12.6. The van der Waals surface area contributed by atoms with Crippen LogP contribution >= 0.6 is 0 Å². The summed E-state index contributed by atoms with van der Waals surface area (Å²) in [6, 6.07) is 16.0. The highest BCUT2D eigenvalue weighted by Crippen LogP contribution is 2.22. The van der Waals surface area contributed by atoms with Crippen LogP contribution in [0.1, 0.15) is 38.4 Å². The van der Waals surface area contributed by atoms with Crippen molar-refractivity contribution in [2.75, 3.05) is 5.32 Å². The number of carbonyl (C=O) groups excluding carboxylic acids is 1. The van der Waals surface area contributed by atoms with E-state index in [2.05, 4.69) is 41.6 Å². The van der Waals surface area contributed by atoms with Gasteiger partial charge in [0.1, 0.15) is 0 Å². The summed E-state index contributed by atoms with van der Waals surface area (Å²) < 4.78 is 1.94. The Balaban J connectivity index is 1.85. The lowest BCUT2D eigenvalue weighted by molar-refractivity contribution is 0.102. The molecule has 0 fully saturated rings. The van der Waals surface area contributed by atoms with Crippen molar-refractivity contribution in [2.24, 2.45) is 0 Å². The molecule has 25 heavy (non-hydrogen) atoms. The summed E-state index contributed by atoms with van der Waals surface area (Å²) in [6.45, 7) is 8.62. The number of benzene rings is 2. The monoisotopic (exact) mass is 333 g/mol. The van der Waals surface area contributed by atoms with Crippen molar-refractivity contribution in [1.82, 2.24) is 9.78 Å². The van der Waals surface area contributed by atoms with E-state index in [1.807, 2.05) is 49.7 Å². The van der Waals surface area contributed by atoms with Crippen LogP contribution in [0.4, 0.5) is 5.69 Å². The van der Waals surface area contributed by atoms with Gasteiger partial charge in [-0.1, -0.05) is 48.0 Å². The van der Waals surface area contributed by atoms with Gasteiger partial charge in [-0.05, 0) is 44.9 Å². The molecular weight excluding hydrogens is 310 g/mol. The second-order valence-corrected chi connectivity index (χ2v) is 6.46. The number of hydrogen-bond acceptors (Lipinski definition) is 2. The first-order valence-corrected chi connectivity index (χ1v) is 8.42. The molecule has 3 rings (SSSR count). The van der Waals surface area contributed by atoms with E-state index in [1.165, 1.54) is 11.1 Å². The molecule has 0 spiro atoms. The van der Waals surface area contributed by atoms with Crippen LogP contribution in [0.25, 0.3) is 0 Å². The Morgan fingerprint density at radius 3 is 2.52 bits per heavy atom. The fourth-order valence-corrected chi connectivity index (χ4v) is 3.02. The summed E-state index contributed by atoms with van der Waals surface area (Å²) in [5.74, 6) is -0.0978. The molecule has 3 aromatic rings. The standard InChI is InChI=1S/C21H23N3O/c1-14-8-7-10-18(12-14)13-24-17(4)20(16(3)23-24)22-21(25)19-11-6-5-9-15(19)2/h5-12H,13H2,1-4H3,(H,22,25). The van der Waals surface area contributed by atoms with Gasteiger partial charge in [0.05, 0.1) is 23.6 Å². The lowest BCUT2D eigenvalue weighted by Gasteiger charge is -2.09. The molecule has 0 saturated heterocycles. The number of rotatable bonds is 4. The third-order valence-electron chi connectivity index (χ3n) is 4.42. The van der Waals surface area contributed by atoms with Crippen molar-refractivity contribution in [3.8, 4) is 0 Å². The van der Waals surface area contributed by atoms with E-state index in [0.29, 0.717) is 12.1 Å². The zero-order valence-corrected chi connectivity index (χ0v) is 15.1. The zero-order valence-electron chi connectivity index (χ0n) is 15.1. The van der Waals surface area contributed by atoms with E-state index >= 15 is 0 Å². The quantitative estimate of drug-likeness (QED) is 0.768. The van der Waals surface area contributed by atoms with Crippen LogP contribution in [0.3, 0.4) is 0 Å². The first-order chi connectivity index (χ1) is 12.0. The van der Waals surface area contributed by atoms with Crippen molar-refractivity contribution < 1.29 is 4.79 Å². The average Bonchev–Trinajstić information content (AvgIpc) is 2.83. The first-order valence-electron chi connectivity index (χ1n) is 8.42. The smallest absolute Gasteiger partial charge is 0.256 e. The van der Waals surface area contributed by atoms with Crippen molar-refractivity contribution in [2.45, 2.75) is 34.2 Å². The molecule has 0 bridgehead atoms. The molecule has 4 nitrogen and oxygen atoms in total. The lowest BCUT2D eigenvalue weighted by atomic mass is 10.1. The number of amides is 1. The average molecular weight is 333 g/mol. The molecule has 4 heteroatoms. The van der Waals surface area contributed by atoms with Crippen LogP contribution in [0.15, 0.2) is 48.5 Å². The number of anilines is 1. The van der Waals surface area contributed by atoms with Crippen LogP contribution in [-0.4, -0.2) is 15.7 Å². The summed E-state index contributed by atoms with van der Waals surface area (Å²) in [5, 5.41) is 7.64. The number of nitrogens with one attached hydrogen (secondary N) is 1. The molecule has 1 N–H and O–H groups in total. The Labute approximate surface area is 148 Å². The van der Waals surface area contributed by atoms with Crippen LogP contribution in [0, 0.1) is 27.7 Å². The van der Waals surface area contributed by atoms with Crippen LogP contribution in [0.5, 0.6) is 0 Å². The maximum atomic E-state index is 12.6. The molecule has 0 atom stereocenters. The molecule has 0 saturated carbocycles. The fourth-order valence-electron chi connectivity index (χ4n) is 3.02. The largest absolute Gasteiger partial charge is 0.319 e.